The van der Waals surface area contributed by atoms with E-state index in [0.29, 0.717) is 30.9 Å². The van der Waals surface area contributed by atoms with Crippen LogP contribution in [-0.2, 0) is 14.6 Å². The maximum atomic E-state index is 12.3. The van der Waals surface area contributed by atoms with Gasteiger partial charge in [0.25, 0.3) is 0 Å². The Morgan fingerprint density at radius 2 is 1.74 bits per heavy atom. The van der Waals surface area contributed by atoms with Gasteiger partial charge >= 0.3 is 0 Å². The van der Waals surface area contributed by atoms with Gasteiger partial charge in [0.05, 0.1) is 4.99 Å². The van der Waals surface area contributed by atoms with Crippen LogP contribution in [0.5, 0.6) is 0 Å². The van der Waals surface area contributed by atoms with Gasteiger partial charge in [0.15, 0.2) is 9.84 Å². The van der Waals surface area contributed by atoms with E-state index in [0.717, 1.165) is 6.26 Å². The standard InChI is InChI=1S/C12H22N2O3S2/c1-11(2,19(4,16)17)10(15)14-7-5-12(3,6-8-14)9(13)18/h5-8H2,1-4H3,(H2,13,18). The maximum Gasteiger partial charge on any atom is 0.243 e. The van der Waals surface area contributed by atoms with Crippen molar-refractivity contribution in [2.45, 2.75) is 38.4 Å². The van der Waals surface area contributed by atoms with E-state index in [1.807, 2.05) is 6.92 Å². The fourth-order valence-corrected chi connectivity index (χ4v) is 2.64. The summed E-state index contributed by atoms with van der Waals surface area (Å²) in [6.07, 6.45) is 2.44. The Kier molecular flexibility index (Phi) is 4.32. The lowest BCUT2D eigenvalue weighted by Crippen LogP contribution is -2.54. The molecule has 19 heavy (non-hydrogen) atoms. The average molecular weight is 306 g/mol. The van der Waals surface area contributed by atoms with Gasteiger partial charge in [-0.3, -0.25) is 4.79 Å². The number of amides is 1. The first kappa shape index (κ1) is 16.4. The molecule has 0 aromatic heterocycles. The monoisotopic (exact) mass is 306 g/mol. The van der Waals surface area contributed by atoms with Gasteiger partial charge in [-0.25, -0.2) is 8.42 Å². The van der Waals surface area contributed by atoms with Gasteiger partial charge in [0.1, 0.15) is 4.75 Å². The first-order valence-electron chi connectivity index (χ1n) is 6.21. The minimum Gasteiger partial charge on any atom is -0.393 e. The molecule has 0 atom stereocenters. The van der Waals surface area contributed by atoms with Gasteiger partial charge in [-0.1, -0.05) is 19.1 Å². The molecule has 1 heterocycles. The molecule has 5 nitrogen and oxygen atoms in total. The van der Waals surface area contributed by atoms with Gasteiger partial charge in [-0.2, -0.15) is 0 Å². The van der Waals surface area contributed by atoms with Crippen LogP contribution in [-0.4, -0.2) is 48.3 Å². The number of likely N-dealkylation sites (tertiary alicyclic amines) is 1. The van der Waals surface area contributed by atoms with Crippen molar-refractivity contribution in [1.29, 1.82) is 0 Å². The smallest absolute Gasteiger partial charge is 0.243 e. The molecule has 0 saturated carbocycles. The van der Waals surface area contributed by atoms with E-state index >= 15 is 0 Å². The summed E-state index contributed by atoms with van der Waals surface area (Å²) < 4.78 is 22.0. The Morgan fingerprint density at radius 3 is 2.05 bits per heavy atom. The molecule has 1 rings (SSSR count). The summed E-state index contributed by atoms with van der Waals surface area (Å²) in [6.45, 7) is 5.87. The van der Waals surface area contributed by atoms with Crippen molar-refractivity contribution >= 4 is 33.0 Å². The Hall–Kier alpha value is -0.690. The molecule has 0 bridgehead atoms. The third-order valence-corrected chi connectivity index (χ3v) is 6.71. The Balaban J connectivity index is 2.83. The molecule has 0 unspecified atom stereocenters. The van der Waals surface area contributed by atoms with Crippen LogP contribution in [0.2, 0.25) is 0 Å². The summed E-state index contributed by atoms with van der Waals surface area (Å²) in [6, 6.07) is 0. The lowest BCUT2D eigenvalue weighted by atomic mass is 9.80. The summed E-state index contributed by atoms with van der Waals surface area (Å²) in [7, 11) is -3.44. The summed E-state index contributed by atoms with van der Waals surface area (Å²) in [5, 5.41) is 0. The molecule has 0 radical (unpaired) electrons. The molecule has 1 aliphatic rings. The van der Waals surface area contributed by atoms with Gasteiger partial charge in [0, 0.05) is 24.8 Å². The fourth-order valence-electron chi connectivity index (χ4n) is 1.99. The molecule has 110 valence electrons. The predicted octanol–water partition coefficient (Wildman–Crippen LogP) is 0.724. The SMILES string of the molecule is CC1(C(N)=S)CCN(C(=O)C(C)(C)S(C)(=O)=O)CC1. The second-order valence-electron chi connectivity index (χ2n) is 6.00. The van der Waals surface area contributed by atoms with Crippen molar-refractivity contribution < 1.29 is 13.2 Å². The normalized spacial score (nSPS) is 20.1. The summed E-state index contributed by atoms with van der Waals surface area (Å²) >= 11 is 5.04. The number of hydrogen-bond donors (Lipinski definition) is 1. The van der Waals surface area contributed by atoms with Gasteiger partial charge in [0.2, 0.25) is 5.91 Å². The zero-order chi connectivity index (χ0) is 15.1. The first-order valence-corrected chi connectivity index (χ1v) is 8.51. The van der Waals surface area contributed by atoms with Crippen LogP contribution in [0.1, 0.15) is 33.6 Å². The minimum atomic E-state index is -3.44. The maximum absolute atomic E-state index is 12.3. The molecule has 0 aromatic carbocycles. The summed E-state index contributed by atoms with van der Waals surface area (Å²) in [4.78, 5) is 14.4. The van der Waals surface area contributed by atoms with E-state index in [9.17, 15) is 13.2 Å². The Labute approximate surface area is 120 Å². The zero-order valence-electron chi connectivity index (χ0n) is 11.9. The number of rotatable bonds is 3. The highest BCUT2D eigenvalue weighted by Gasteiger charge is 2.43. The number of carbonyl (C=O) groups excluding carboxylic acids is 1. The second kappa shape index (κ2) is 5.01. The van der Waals surface area contributed by atoms with E-state index < -0.39 is 14.6 Å². The van der Waals surface area contributed by atoms with Crippen molar-refractivity contribution in [3.05, 3.63) is 0 Å². The molecule has 0 spiro atoms. The van der Waals surface area contributed by atoms with Crippen molar-refractivity contribution in [2.75, 3.05) is 19.3 Å². The largest absolute Gasteiger partial charge is 0.393 e. The lowest BCUT2D eigenvalue weighted by Gasteiger charge is -2.40. The second-order valence-corrected chi connectivity index (χ2v) is 9.00. The van der Waals surface area contributed by atoms with E-state index in [-0.39, 0.29) is 11.3 Å². The Morgan fingerprint density at radius 1 is 1.32 bits per heavy atom. The zero-order valence-corrected chi connectivity index (χ0v) is 13.5. The fraction of sp³-hybridized carbons (Fsp3) is 0.833. The number of nitrogens with zero attached hydrogens (tertiary/aromatic N) is 1. The number of thiocarbonyl (C=S) groups is 1. The first-order chi connectivity index (χ1) is 8.42. The van der Waals surface area contributed by atoms with E-state index in [2.05, 4.69) is 0 Å². The van der Waals surface area contributed by atoms with E-state index in [1.165, 1.54) is 13.8 Å². The molecule has 1 amide bonds. The third-order valence-electron chi connectivity index (χ3n) is 4.19. The summed E-state index contributed by atoms with van der Waals surface area (Å²) in [5.41, 5.74) is 5.48. The van der Waals surface area contributed by atoms with Gasteiger partial charge in [-0.15, -0.1) is 0 Å². The Bertz CT molecular complexity index is 489. The van der Waals surface area contributed by atoms with Crippen LogP contribution in [0.3, 0.4) is 0 Å². The molecular weight excluding hydrogens is 284 g/mol. The quantitative estimate of drug-likeness (QED) is 0.777. The summed E-state index contributed by atoms with van der Waals surface area (Å²) in [5.74, 6) is -0.347. The van der Waals surface area contributed by atoms with Crippen molar-refractivity contribution in [3.8, 4) is 0 Å². The molecule has 1 aliphatic heterocycles. The van der Waals surface area contributed by atoms with Crippen molar-refractivity contribution in [1.82, 2.24) is 4.90 Å². The van der Waals surface area contributed by atoms with Crippen LogP contribution >= 0.6 is 12.2 Å². The third kappa shape index (κ3) is 3.08. The van der Waals surface area contributed by atoms with E-state index in [1.54, 1.807) is 4.90 Å². The van der Waals surface area contributed by atoms with Crippen LogP contribution in [0.4, 0.5) is 0 Å². The van der Waals surface area contributed by atoms with Crippen LogP contribution in [0, 0.1) is 5.41 Å². The van der Waals surface area contributed by atoms with Crippen LogP contribution in [0.25, 0.3) is 0 Å². The van der Waals surface area contributed by atoms with Crippen LogP contribution in [0.15, 0.2) is 0 Å². The molecule has 1 fully saturated rings. The number of carbonyl (C=O) groups is 1. The number of piperidine rings is 1. The molecule has 7 heteroatoms. The molecule has 2 N–H and O–H groups in total. The molecular formula is C12H22N2O3S2. The molecule has 0 aliphatic carbocycles. The highest BCUT2D eigenvalue weighted by Crippen LogP contribution is 2.32. The lowest BCUT2D eigenvalue weighted by molar-refractivity contribution is -0.134. The predicted molar refractivity (Wildman–Crippen MR) is 79.6 cm³/mol. The van der Waals surface area contributed by atoms with Crippen molar-refractivity contribution in [2.24, 2.45) is 11.1 Å². The van der Waals surface area contributed by atoms with Crippen molar-refractivity contribution in [3.63, 3.8) is 0 Å². The number of sulfone groups is 1. The molecule has 1 saturated heterocycles. The van der Waals surface area contributed by atoms with E-state index in [4.69, 9.17) is 18.0 Å². The number of nitrogens with two attached hydrogens (primary N) is 1. The van der Waals surface area contributed by atoms with Gasteiger partial charge in [-0.05, 0) is 26.7 Å². The number of hydrogen-bond acceptors (Lipinski definition) is 4. The average Bonchev–Trinajstić information content (AvgIpc) is 2.27. The van der Waals surface area contributed by atoms with Gasteiger partial charge < -0.3 is 10.6 Å². The minimum absolute atomic E-state index is 0.235. The highest BCUT2D eigenvalue weighted by atomic mass is 32.2. The molecule has 0 aromatic rings. The highest BCUT2D eigenvalue weighted by molar-refractivity contribution is 7.92. The topological polar surface area (TPSA) is 80.5 Å². The van der Waals surface area contributed by atoms with Crippen LogP contribution < -0.4 is 5.73 Å².